The highest BCUT2D eigenvalue weighted by Gasteiger charge is 2.32. The maximum absolute atomic E-state index is 12.9. The van der Waals surface area contributed by atoms with E-state index < -0.39 is 34.8 Å². The van der Waals surface area contributed by atoms with E-state index in [1.165, 1.54) is 26.4 Å². The summed E-state index contributed by atoms with van der Waals surface area (Å²) < 4.78 is 49.3. The predicted octanol–water partition coefficient (Wildman–Crippen LogP) is 3.83. The lowest BCUT2D eigenvalue weighted by molar-refractivity contribution is -0.138. The molecule has 6 nitrogen and oxygen atoms in total. The Balaban J connectivity index is 2.32. The molecule has 0 fully saturated rings. The number of methoxy groups -OCH3 is 2. The van der Waals surface area contributed by atoms with Crippen LogP contribution in [0, 0.1) is 0 Å². The second-order valence-electron chi connectivity index (χ2n) is 5.24. The largest absolute Gasteiger partial charge is 0.495 e. The lowest BCUT2D eigenvalue weighted by atomic mass is 10.2. The van der Waals surface area contributed by atoms with Crippen molar-refractivity contribution < 1.29 is 27.4 Å². The van der Waals surface area contributed by atoms with Crippen molar-refractivity contribution in [1.82, 2.24) is 4.57 Å². The van der Waals surface area contributed by atoms with Gasteiger partial charge < -0.3 is 19.4 Å². The van der Waals surface area contributed by atoms with Gasteiger partial charge in [0.25, 0.3) is 5.56 Å². The van der Waals surface area contributed by atoms with Crippen LogP contribution in [0.2, 0.25) is 10.0 Å². The molecule has 0 aliphatic rings. The highest BCUT2D eigenvalue weighted by molar-refractivity contribution is 6.32. The summed E-state index contributed by atoms with van der Waals surface area (Å²) in [5.74, 6) is -0.342. The quantitative estimate of drug-likeness (QED) is 0.791. The van der Waals surface area contributed by atoms with Crippen LogP contribution in [0.5, 0.6) is 11.5 Å². The zero-order valence-corrected chi connectivity index (χ0v) is 15.5. The molecule has 146 valence electrons. The first-order valence-electron chi connectivity index (χ1n) is 7.25. The van der Waals surface area contributed by atoms with Crippen LogP contribution < -0.4 is 20.3 Å². The molecule has 0 atom stereocenters. The van der Waals surface area contributed by atoms with Crippen LogP contribution in [-0.4, -0.2) is 24.7 Å². The second-order valence-corrected chi connectivity index (χ2v) is 6.06. The molecular formula is C16H13Cl2F3N2O4. The number of nitrogens with one attached hydrogen (secondary N) is 1. The number of aromatic nitrogens is 1. The zero-order valence-electron chi connectivity index (χ0n) is 14.0. The molecule has 1 amide bonds. The fourth-order valence-corrected chi connectivity index (χ4v) is 2.63. The zero-order chi connectivity index (χ0) is 20.4. The number of benzene rings is 1. The van der Waals surface area contributed by atoms with E-state index in [-0.39, 0.29) is 22.2 Å². The minimum Gasteiger partial charge on any atom is -0.495 e. The third-order valence-electron chi connectivity index (χ3n) is 3.43. The highest BCUT2D eigenvalue weighted by atomic mass is 35.5. The van der Waals surface area contributed by atoms with Crippen LogP contribution in [0.25, 0.3) is 0 Å². The minimum absolute atomic E-state index is 0.162. The van der Waals surface area contributed by atoms with Gasteiger partial charge in [0.05, 0.1) is 30.5 Å². The molecule has 0 saturated carbocycles. The van der Waals surface area contributed by atoms with Crippen LogP contribution in [0.15, 0.2) is 29.2 Å². The summed E-state index contributed by atoms with van der Waals surface area (Å²) >= 11 is 11.5. The van der Waals surface area contributed by atoms with E-state index in [9.17, 15) is 22.8 Å². The van der Waals surface area contributed by atoms with Gasteiger partial charge in [0.15, 0.2) is 0 Å². The number of hydrogen-bond acceptors (Lipinski definition) is 4. The van der Waals surface area contributed by atoms with Crippen molar-refractivity contribution in [2.45, 2.75) is 12.7 Å². The van der Waals surface area contributed by atoms with E-state index in [1.54, 1.807) is 0 Å². The number of halogens is 5. The van der Waals surface area contributed by atoms with Gasteiger partial charge in [-0.2, -0.15) is 13.2 Å². The fraction of sp³-hybridized carbons (Fsp3) is 0.250. The number of amides is 1. The van der Waals surface area contributed by atoms with E-state index in [1.807, 2.05) is 0 Å². The molecule has 1 N–H and O–H groups in total. The number of pyridine rings is 1. The Morgan fingerprint density at radius 2 is 1.74 bits per heavy atom. The molecule has 0 radical (unpaired) electrons. The van der Waals surface area contributed by atoms with E-state index in [2.05, 4.69) is 5.32 Å². The van der Waals surface area contributed by atoms with Crippen molar-refractivity contribution in [3.63, 3.8) is 0 Å². The first-order chi connectivity index (χ1) is 12.6. The molecule has 2 aromatic rings. The van der Waals surface area contributed by atoms with Crippen LogP contribution in [0.1, 0.15) is 5.56 Å². The Bertz CT molecular complexity index is 929. The predicted molar refractivity (Wildman–Crippen MR) is 93.9 cm³/mol. The molecule has 2 rings (SSSR count). The summed E-state index contributed by atoms with van der Waals surface area (Å²) in [6.07, 6.45) is -4.20. The molecule has 1 aromatic carbocycles. The van der Waals surface area contributed by atoms with Crippen LogP contribution >= 0.6 is 23.2 Å². The Kier molecular flexibility index (Phi) is 6.27. The van der Waals surface area contributed by atoms with Gasteiger partial charge in [-0.1, -0.05) is 23.2 Å². The molecule has 0 saturated heterocycles. The number of anilines is 1. The van der Waals surface area contributed by atoms with Gasteiger partial charge in [-0.25, -0.2) is 0 Å². The van der Waals surface area contributed by atoms with Gasteiger partial charge in [0.2, 0.25) is 5.91 Å². The van der Waals surface area contributed by atoms with Crippen LogP contribution in [0.3, 0.4) is 0 Å². The third-order valence-corrected chi connectivity index (χ3v) is 4.00. The summed E-state index contributed by atoms with van der Waals surface area (Å²) in [4.78, 5) is 24.2. The van der Waals surface area contributed by atoms with E-state index in [0.717, 1.165) is 0 Å². The monoisotopic (exact) mass is 424 g/mol. The number of hydrogen-bond donors (Lipinski definition) is 1. The van der Waals surface area contributed by atoms with Crippen molar-refractivity contribution in [3.8, 4) is 11.5 Å². The van der Waals surface area contributed by atoms with Crippen molar-refractivity contribution >= 4 is 34.8 Å². The average Bonchev–Trinajstić information content (AvgIpc) is 2.58. The standard InChI is InChI=1S/C16H13Cl2F3N2O4/c1-26-12-5-11(13(27-2)4-9(12)17)22-14(24)7-23-6-8(16(19,20)21)3-10(18)15(23)25/h3-6H,7H2,1-2H3,(H,22,24). The summed E-state index contributed by atoms with van der Waals surface area (Å²) in [7, 11) is 2.70. The number of ether oxygens (including phenoxy) is 2. The number of carbonyl (C=O) groups excluding carboxylic acids is 1. The van der Waals surface area contributed by atoms with E-state index in [0.29, 0.717) is 16.8 Å². The normalized spacial score (nSPS) is 11.2. The molecule has 11 heteroatoms. The Labute approximate surface area is 161 Å². The molecule has 27 heavy (non-hydrogen) atoms. The lowest BCUT2D eigenvalue weighted by Crippen LogP contribution is -2.29. The number of alkyl halides is 3. The van der Waals surface area contributed by atoms with E-state index in [4.69, 9.17) is 32.7 Å². The summed E-state index contributed by atoms with van der Waals surface area (Å²) in [6, 6.07) is 3.27. The summed E-state index contributed by atoms with van der Waals surface area (Å²) in [5, 5.41) is 2.01. The maximum atomic E-state index is 12.9. The third kappa shape index (κ3) is 4.86. The smallest absolute Gasteiger partial charge is 0.417 e. The van der Waals surface area contributed by atoms with Crippen LogP contribution in [-0.2, 0) is 17.5 Å². The minimum atomic E-state index is -4.72. The van der Waals surface area contributed by atoms with Gasteiger partial charge >= 0.3 is 6.18 Å². The summed E-state index contributed by atoms with van der Waals surface area (Å²) in [5.41, 5.74) is -1.92. The van der Waals surface area contributed by atoms with Gasteiger partial charge in [-0.15, -0.1) is 0 Å². The first kappa shape index (κ1) is 20.9. The topological polar surface area (TPSA) is 69.6 Å². The summed E-state index contributed by atoms with van der Waals surface area (Å²) in [6.45, 7) is -0.698. The van der Waals surface area contributed by atoms with Gasteiger partial charge in [-0.05, 0) is 6.07 Å². The molecule has 1 aromatic heterocycles. The SMILES string of the molecule is COc1cc(NC(=O)Cn2cc(C(F)(F)F)cc(Cl)c2=O)c(OC)cc1Cl. The second kappa shape index (κ2) is 8.10. The molecule has 0 unspecified atom stereocenters. The fourth-order valence-electron chi connectivity index (χ4n) is 2.17. The van der Waals surface area contributed by atoms with Crippen molar-refractivity contribution in [1.29, 1.82) is 0 Å². The number of carbonyl (C=O) groups is 1. The van der Waals surface area contributed by atoms with Crippen molar-refractivity contribution in [2.24, 2.45) is 0 Å². The molecule has 1 heterocycles. The van der Waals surface area contributed by atoms with Crippen molar-refractivity contribution in [2.75, 3.05) is 19.5 Å². The van der Waals surface area contributed by atoms with E-state index >= 15 is 0 Å². The molecule has 0 spiro atoms. The van der Waals surface area contributed by atoms with Crippen LogP contribution in [0.4, 0.5) is 18.9 Å². The van der Waals surface area contributed by atoms with Gasteiger partial charge in [0, 0.05) is 18.3 Å². The Morgan fingerprint density at radius 1 is 1.11 bits per heavy atom. The van der Waals surface area contributed by atoms with Gasteiger partial charge in [-0.3, -0.25) is 9.59 Å². The lowest BCUT2D eigenvalue weighted by Gasteiger charge is -2.14. The number of nitrogens with zero attached hydrogens (tertiary/aromatic N) is 1. The molecule has 0 bridgehead atoms. The van der Waals surface area contributed by atoms with Crippen molar-refractivity contribution in [3.05, 3.63) is 50.4 Å². The van der Waals surface area contributed by atoms with Gasteiger partial charge in [0.1, 0.15) is 23.1 Å². The molecule has 0 aliphatic heterocycles. The first-order valence-corrected chi connectivity index (χ1v) is 8.01. The molecular weight excluding hydrogens is 412 g/mol. The maximum Gasteiger partial charge on any atom is 0.417 e. The number of rotatable bonds is 5. The Morgan fingerprint density at radius 3 is 2.30 bits per heavy atom. The molecule has 0 aliphatic carbocycles. The highest BCUT2D eigenvalue weighted by Crippen LogP contribution is 2.36. The Hall–Kier alpha value is -2.39. The average molecular weight is 425 g/mol.